The van der Waals surface area contributed by atoms with Crippen molar-refractivity contribution < 1.29 is 9.90 Å². The maximum atomic E-state index is 11.1. The molecule has 17 heavy (non-hydrogen) atoms. The summed E-state index contributed by atoms with van der Waals surface area (Å²) in [5, 5.41) is 9.13. The molecule has 0 aromatic carbocycles. The average Bonchev–Trinajstić information content (AvgIpc) is 2.79. The minimum absolute atomic E-state index is 0.431. The van der Waals surface area contributed by atoms with Crippen LogP contribution in [0.1, 0.15) is 31.9 Å². The number of carbonyl (C=O) groups is 1. The number of aliphatic carboxylic acids is 1. The summed E-state index contributed by atoms with van der Waals surface area (Å²) in [4.78, 5) is 21.3. The Hall–Kier alpha value is -1.65. The molecular weight excluding hydrogens is 218 g/mol. The third-order valence-electron chi connectivity index (χ3n) is 3.05. The van der Waals surface area contributed by atoms with Crippen molar-refractivity contribution in [2.75, 3.05) is 11.4 Å². The Morgan fingerprint density at radius 2 is 2.41 bits per heavy atom. The second-order valence-corrected chi connectivity index (χ2v) is 4.31. The van der Waals surface area contributed by atoms with E-state index in [4.69, 9.17) is 5.11 Å². The summed E-state index contributed by atoms with van der Waals surface area (Å²) in [5.41, 5.74) is 0.980. The maximum absolute atomic E-state index is 11.1. The van der Waals surface area contributed by atoms with E-state index in [1.54, 1.807) is 0 Å². The smallest absolute Gasteiger partial charge is 0.326 e. The Morgan fingerprint density at radius 3 is 3.12 bits per heavy atom. The molecule has 0 saturated carbocycles. The van der Waals surface area contributed by atoms with Gasteiger partial charge < -0.3 is 10.0 Å². The van der Waals surface area contributed by atoms with Crippen LogP contribution in [-0.4, -0.2) is 33.6 Å². The van der Waals surface area contributed by atoms with Crippen LogP contribution in [0.15, 0.2) is 12.4 Å². The molecule has 1 atom stereocenters. The predicted molar refractivity (Wildman–Crippen MR) is 64.0 cm³/mol. The lowest BCUT2D eigenvalue weighted by atomic mass is 10.2. The van der Waals surface area contributed by atoms with Gasteiger partial charge in [-0.15, -0.1) is 0 Å². The third kappa shape index (κ3) is 2.54. The third-order valence-corrected chi connectivity index (χ3v) is 3.05. The summed E-state index contributed by atoms with van der Waals surface area (Å²) in [6.07, 6.45) is 5.06. The van der Waals surface area contributed by atoms with Crippen LogP contribution in [0.5, 0.6) is 0 Å². The minimum Gasteiger partial charge on any atom is -0.480 e. The van der Waals surface area contributed by atoms with Crippen molar-refractivity contribution in [1.29, 1.82) is 0 Å². The van der Waals surface area contributed by atoms with Gasteiger partial charge in [-0.05, 0) is 19.3 Å². The number of nitrogens with zero attached hydrogens (tertiary/aromatic N) is 3. The molecule has 5 heteroatoms. The molecular formula is C12H17N3O2. The summed E-state index contributed by atoms with van der Waals surface area (Å²) in [6.45, 7) is 2.86. The molecule has 0 radical (unpaired) electrons. The Bertz CT molecular complexity index is 408. The Balaban J connectivity index is 2.21. The van der Waals surface area contributed by atoms with Gasteiger partial charge in [-0.1, -0.05) is 13.3 Å². The monoisotopic (exact) mass is 235 g/mol. The zero-order valence-corrected chi connectivity index (χ0v) is 9.96. The first-order valence-corrected chi connectivity index (χ1v) is 6.02. The van der Waals surface area contributed by atoms with Gasteiger partial charge in [0, 0.05) is 18.3 Å². The number of carboxylic acids is 1. The molecule has 92 valence electrons. The molecule has 1 aliphatic heterocycles. The largest absolute Gasteiger partial charge is 0.480 e. The number of aryl methyl sites for hydroxylation is 1. The van der Waals surface area contributed by atoms with Gasteiger partial charge in [-0.2, -0.15) is 0 Å². The lowest BCUT2D eigenvalue weighted by Gasteiger charge is -2.22. The number of hydrogen-bond donors (Lipinski definition) is 1. The van der Waals surface area contributed by atoms with E-state index in [-0.39, 0.29) is 0 Å². The lowest BCUT2D eigenvalue weighted by molar-refractivity contribution is -0.138. The van der Waals surface area contributed by atoms with Gasteiger partial charge in [0.15, 0.2) is 0 Å². The van der Waals surface area contributed by atoms with Gasteiger partial charge in [-0.3, -0.25) is 0 Å². The van der Waals surface area contributed by atoms with Crippen LogP contribution in [-0.2, 0) is 11.2 Å². The van der Waals surface area contributed by atoms with E-state index in [0.29, 0.717) is 6.42 Å². The van der Waals surface area contributed by atoms with Crippen LogP contribution in [0.4, 0.5) is 5.82 Å². The van der Waals surface area contributed by atoms with Crippen LogP contribution < -0.4 is 4.90 Å². The van der Waals surface area contributed by atoms with Gasteiger partial charge in [-0.25, -0.2) is 14.8 Å². The van der Waals surface area contributed by atoms with E-state index in [1.807, 2.05) is 11.0 Å². The van der Waals surface area contributed by atoms with Gasteiger partial charge >= 0.3 is 5.97 Å². The molecule has 0 amide bonds. The molecule has 1 aliphatic rings. The van der Waals surface area contributed by atoms with E-state index in [2.05, 4.69) is 16.9 Å². The Morgan fingerprint density at radius 1 is 1.59 bits per heavy atom. The SMILES string of the molecule is CCCc1cc(N2CCCC2C(=O)O)ncn1. The molecule has 1 N–H and O–H groups in total. The standard InChI is InChI=1S/C12H17N3O2/c1-2-4-9-7-11(14-8-13-9)15-6-3-5-10(15)12(16)17/h7-8,10H,2-6H2,1H3,(H,16,17). The highest BCUT2D eigenvalue weighted by molar-refractivity contribution is 5.78. The van der Waals surface area contributed by atoms with Gasteiger partial charge in [0.2, 0.25) is 0 Å². The van der Waals surface area contributed by atoms with Crippen molar-refractivity contribution >= 4 is 11.8 Å². The summed E-state index contributed by atoms with van der Waals surface area (Å²) in [5.74, 6) is -0.0218. The summed E-state index contributed by atoms with van der Waals surface area (Å²) < 4.78 is 0. The first-order valence-electron chi connectivity index (χ1n) is 6.02. The van der Waals surface area contributed by atoms with Gasteiger partial charge in [0.05, 0.1) is 0 Å². The highest BCUT2D eigenvalue weighted by atomic mass is 16.4. The fourth-order valence-corrected chi connectivity index (χ4v) is 2.23. The van der Waals surface area contributed by atoms with Crippen LogP contribution in [0.25, 0.3) is 0 Å². The molecule has 2 heterocycles. The minimum atomic E-state index is -0.766. The van der Waals surface area contributed by atoms with E-state index in [1.165, 1.54) is 6.33 Å². The number of hydrogen-bond acceptors (Lipinski definition) is 4. The van der Waals surface area contributed by atoms with Gasteiger partial charge in [0.1, 0.15) is 18.2 Å². The first-order chi connectivity index (χ1) is 8.22. The Kier molecular flexibility index (Phi) is 3.56. The van der Waals surface area contributed by atoms with E-state index in [9.17, 15) is 4.79 Å². The maximum Gasteiger partial charge on any atom is 0.326 e. The highest BCUT2D eigenvalue weighted by Gasteiger charge is 2.31. The first kappa shape index (κ1) is 11.8. The molecule has 0 aliphatic carbocycles. The second-order valence-electron chi connectivity index (χ2n) is 4.31. The van der Waals surface area contributed by atoms with Crippen molar-refractivity contribution in [1.82, 2.24) is 9.97 Å². The Labute approximate surface area is 100 Å². The molecule has 1 aromatic heterocycles. The molecule has 0 bridgehead atoms. The van der Waals surface area contributed by atoms with Crippen molar-refractivity contribution in [2.45, 2.75) is 38.6 Å². The van der Waals surface area contributed by atoms with Crippen LogP contribution in [0.3, 0.4) is 0 Å². The van der Waals surface area contributed by atoms with Crippen molar-refractivity contribution in [3.8, 4) is 0 Å². The molecule has 0 spiro atoms. The summed E-state index contributed by atoms with van der Waals surface area (Å²) in [6, 6.07) is 1.48. The average molecular weight is 235 g/mol. The molecule has 2 rings (SSSR count). The van der Waals surface area contributed by atoms with Crippen LogP contribution >= 0.6 is 0 Å². The fourth-order valence-electron chi connectivity index (χ4n) is 2.23. The number of rotatable bonds is 4. The summed E-state index contributed by atoms with van der Waals surface area (Å²) in [7, 11) is 0. The zero-order valence-electron chi connectivity index (χ0n) is 9.96. The predicted octanol–water partition coefficient (Wildman–Crippen LogP) is 1.48. The molecule has 1 unspecified atom stereocenters. The molecule has 5 nitrogen and oxygen atoms in total. The van der Waals surface area contributed by atoms with E-state index in [0.717, 1.165) is 37.3 Å². The lowest BCUT2D eigenvalue weighted by Crippen LogP contribution is -2.36. The van der Waals surface area contributed by atoms with Crippen LogP contribution in [0.2, 0.25) is 0 Å². The molecule has 1 saturated heterocycles. The molecule has 1 fully saturated rings. The van der Waals surface area contributed by atoms with Crippen molar-refractivity contribution in [3.05, 3.63) is 18.1 Å². The highest BCUT2D eigenvalue weighted by Crippen LogP contribution is 2.24. The second kappa shape index (κ2) is 5.12. The normalized spacial score (nSPS) is 19.6. The summed E-state index contributed by atoms with van der Waals surface area (Å²) >= 11 is 0. The topological polar surface area (TPSA) is 66.3 Å². The zero-order chi connectivity index (χ0) is 12.3. The van der Waals surface area contributed by atoms with E-state index < -0.39 is 12.0 Å². The quantitative estimate of drug-likeness (QED) is 0.856. The number of anilines is 1. The fraction of sp³-hybridized carbons (Fsp3) is 0.583. The van der Waals surface area contributed by atoms with Crippen molar-refractivity contribution in [2.24, 2.45) is 0 Å². The number of carboxylic acid groups (broad SMARTS) is 1. The van der Waals surface area contributed by atoms with Gasteiger partial charge in [0.25, 0.3) is 0 Å². The number of aromatic nitrogens is 2. The van der Waals surface area contributed by atoms with Crippen molar-refractivity contribution in [3.63, 3.8) is 0 Å². The molecule has 1 aromatic rings. The van der Waals surface area contributed by atoms with E-state index >= 15 is 0 Å². The van der Waals surface area contributed by atoms with Crippen LogP contribution in [0, 0.1) is 0 Å².